The van der Waals surface area contributed by atoms with Gasteiger partial charge in [-0.15, -0.1) is 0 Å². The van der Waals surface area contributed by atoms with E-state index in [1.54, 1.807) is 11.8 Å². The van der Waals surface area contributed by atoms with Crippen LogP contribution in [-0.2, 0) is 0 Å². The summed E-state index contributed by atoms with van der Waals surface area (Å²) in [5, 5.41) is 0. The number of Topliss-reactive ketones (excluding diaryl/α,β-unsaturated/α-hetero) is 1. The number of benzene rings is 1. The molecule has 1 saturated carbocycles. The van der Waals surface area contributed by atoms with Crippen LogP contribution in [-0.4, -0.2) is 23.4 Å². The predicted molar refractivity (Wildman–Crippen MR) is 72.0 cm³/mol. The molecule has 1 aromatic carbocycles. The van der Waals surface area contributed by atoms with Crippen molar-refractivity contribution in [3.05, 3.63) is 29.8 Å². The number of thioether (sulfide) groups is 1. The fraction of sp³-hybridized carbons (Fsp3) is 0.500. The summed E-state index contributed by atoms with van der Waals surface area (Å²) in [6.07, 6.45) is 3.78. The first-order valence-electron chi connectivity index (χ1n) is 6.17. The second-order valence-electron chi connectivity index (χ2n) is 4.32. The van der Waals surface area contributed by atoms with E-state index in [0.29, 0.717) is 11.9 Å². The molecule has 0 unspecified atom stereocenters. The molecule has 0 bridgehead atoms. The molecule has 1 aliphatic rings. The van der Waals surface area contributed by atoms with Gasteiger partial charge in [0.05, 0.1) is 11.9 Å². The maximum Gasteiger partial charge on any atom is 0.172 e. The normalized spacial score (nSPS) is 14.6. The Labute approximate surface area is 107 Å². The van der Waals surface area contributed by atoms with Crippen LogP contribution in [0, 0.1) is 0 Å². The largest absolute Gasteiger partial charge is 0.490 e. The molecule has 0 atom stereocenters. The number of carbonyl (C=O) groups is 1. The average Bonchev–Trinajstić information content (AvgIpc) is 3.13. The lowest BCUT2D eigenvalue weighted by Gasteiger charge is -2.06. The molecule has 3 heteroatoms. The summed E-state index contributed by atoms with van der Waals surface area (Å²) < 4.78 is 5.68. The van der Waals surface area contributed by atoms with E-state index in [2.05, 4.69) is 6.92 Å². The number of carbonyl (C=O) groups excluding carboxylic acids is 1. The Kier molecular flexibility index (Phi) is 4.49. The zero-order valence-electron chi connectivity index (χ0n) is 10.1. The highest BCUT2D eigenvalue weighted by molar-refractivity contribution is 7.99. The Morgan fingerprint density at radius 3 is 3.00 bits per heavy atom. The van der Waals surface area contributed by atoms with Crippen LogP contribution in [0.4, 0.5) is 0 Å². The molecule has 0 spiro atoms. The fourth-order valence-electron chi connectivity index (χ4n) is 1.51. The molecule has 0 aliphatic heterocycles. The van der Waals surface area contributed by atoms with E-state index in [1.807, 2.05) is 24.3 Å². The number of hydrogen-bond donors (Lipinski definition) is 0. The monoisotopic (exact) mass is 250 g/mol. The minimum Gasteiger partial charge on any atom is -0.490 e. The summed E-state index contributed by atoms with van der Waals surface area (Å²) >= 11 is 1.70. The third-order valence-corrected chi connectivity index (χ3v) is 3.73. The summed E-state index contributed by atoms with van der Waals surface area (Å²) in [7, 11) is 0. The number of rotatable bonds is 7. The van der Waals surface area contributed by atoms with Gasteiger partial charge in [-0.25, -0.2) is 0 Å². The van der Waals surface area contributed by atoms with Gasteiger partial charge in [0.1, 0.15) is 5.75 Å². The first-order valence-corrected chi connectivity index (χ1v) is 7.32. The maximum absolute atomic E-state index is 11.9. The second-order valence-corrected chi connectivity index (χ2v) is 5.43. The van der Waals surface area contributed by atoms with Gasteiger partial charge in [0.25, 0.3) is 0 Å². The van der Waals surface area contributed by atoms with Crippen LogP contribution in [0.1, 0.15) is 36.5 Å². The van der Waals surface area contributed by atoms with Crippen molar-refractivity contribution in [1.29, 1.82) is 0 Å². The van der Waals surface area contributed by atoms with Gasteiger partial charge in [0.15, 0.2) is 5.78 Å². The van der Waals surface area contributed by atoms with Crippen LogP contribution in [0.25, 0.3) is 0 Å². The van der Waals surface area contributed by atoms with Crippen molar-refractivity contribution in [3.8, 4) is 5.75 Å². The first-order chi connectivity index (χ1) is 8.29. The zero-order chi connectivity index (χ0) is 12.1. The van der Waals surface area contributed by atoms with E-state index < -0.39 is 0 Å². The SMILES string of the molecule is CCCSCC(=O)c1cccc(OC2CC2)c1. The smallest absolute Gasteiger partial charge is 0.172 e. The van der Waals surface area contributed by atoms with Crippen molar-refractivity contribution in [2.75, 3.05) is 11.5 Å². The summed E-state index contributed by atoms with van der Waals surface area (Å²) in [6.45, 7) is 2.13. The van der Waals surface area contributed by atoms with Crippen LogP contribution >= 0.6 is 11.8 Å². The predicted octanol–water partition coefficient (Wildman–Crippen LogP) is 3.55. The number of ether oxygens (including phenoxy) is 1. The van der Waals surface area contributed by atoms with Gasteiger partial charge in [-0.1, -0.05) is 19.1 Å². The van der Waals surface area contributed by atoms with Crippen LogP contribution in [0.5, 0.6) is 5.75 Å². The first kappa shape index (κ1) is 12.5. The number of ketones is 1. The standard InChI is InChI=1S/C14H18O2S/c1-2-8-17-10-14(15)11-4-3-5-13(9-11)16-12-6-7-12/h3-5,9,12H,2,6-8,10H2,1H3. The molecule has 1 aromatic rings. The quantitative estimate of drug-likeness (QED) is 0.547. The Morgan fingerprint density at radius 1 is 1.47 bits per heavy atom. The zero-order valence-corrected chi connectivity index (χ0v) is 11.0. The lowest BCUT2D eigenvalue weighted by Crippen LogP contribution is -2.04. The third kappa shape index (κ3) is 4.08. The van der Waals surface area contributed by atoms with Gasteiger partial charge in [0.2, 0.25) is 0 Å². The van der Waals surface area contributed by atoms with E-state index in [-0.39, 0.29) is 5.78 Å². The molecule has 17 heavy (non-hydrogen) atoms. The van der Waals surface area contributed by atoms with Gasteiger partial charge in [-0.2, -0.15) is 11.8 Å². The van der Waals surface area contributed by atoms with Crippen molar-refractivity contribution in [2.24, 2.45) is 0 Å². The summed E-state index contributed by atoms with van der Waals surface area (Å²) in [5.41, 5.74) is 0.770. The van der Waals surface area contributed by atoms with E-state index in [9.17, 15) is 4.79 Å². The van der Waals surface area contributed by atoms with Crippen molar-refractivity contribution in [1.82, 2.24) is 0 Å². The third-order valence-electron chi connectivity index (χ3n) is 2.56. The molecule has 92 valence electrons. The van der Waals surface area contributed by atoms with Crippen molar-refractivity contribution < 1.29 is 9.53 Å². The summed E-state index contributed by atoms with van der Waals surface area (Å²) in [6, 6.07) is 7.56. The molecule has 0 heterocycles. The Hall–Kier alpha value is -0.960. The Balaban J connectivity index is 1.91. The van der Waals surface area contributed by atoms with E-state index in [4.69, 9.17) is 4.74 Å². The average molecular weight is 250 g/mol. The van der Waals surface area contributed by atoms with Crippen molar-refractivity contribution >= 4 is 17.5 Å². The Morgan fingerprint density at radius 2 is 2.29 bits per heavy atom. The molecular formula is C14H18O2S. The highest BCUT2D eigenvalue weighted by Gasteiger charge is 2.23. The maximum atomic E-state index is 11.9. The van der Waals surface area contributed by atoms with Gasteiger partial charge in [0, 0.05) is 5.56 Å². The minimum absolute atomic E-state index is 0.199. The Bertz CT molecular complexity index is 386. The topological polar surface area (TPSA) is 26.3 Å². The van der Waals surface area contributed by atoms with Gasteiger partial charge in [-0.3, -0.25) is 4.79 Å². The van der Waals surface area contributed by atoms with Gasteiger partial charge < -0.3 is 4.74 Å². The van der Waals surface area contributed by atoms with Crippen molar-refractivity contribution in [3.63, 3.8) is 0 Å². The van der Waals surface area contributed by atoms with Crippen LogP contribution in [0.3, 0.4) is 0 Å². The molecule has 2 nitrogen and oxygen atoms in total. The minimum atomic E-state index is 0.199. The van der Waals surface area contributed by atoms with Gasteiger partial charge in [-0.05, 0) is 37.1 Å². The molecule has 0 amide bonds. The lowest BCUT2D eigenvalue weighted by molar-refractivity contribution is 0.102. The highest BCUT2D eigenvalue weighted by Crippen LogP contribution is 2.27. The van der Waals surface area contributed by atoms with Crippen LogP contribution < -0.4 is 4.74 Å². The second kappa shape index (κ2) is 6.10. The van der Waals surface area contributed by atoms with Gasteiger partial charge >= 0.3 is 0 Å². The molecule has 0 N–H and O–H groups in total. The van der Waals surface area contributed by atoms with Crippen LogP contribution in [0.15, 0.2) is 24.3 Å². The number of hydrogen-bond acceptors (Lipinski definition) is 3. The molecule has 0 aromatic heterocycles. The van der Waals surface area contributed by atoms with E-state index in [1.165, 1.54) is 0 Å². The molecular weight excluding hydrogens is 232 g/mol. The van der Waals surface area contributed by atoms with Crippen LogP contribution in [0.2, 0.25) is 0 Å². The summed E-state index contributed by atoms with van der Waals surface area (Å²) in [4.78, 5) is 11.9. The molecule has 1 aliphatic carbocycles. The highest BCUT2D eigenvalue weighted by atomic mass is 32.2. The molecule has 0 saturated heterocycles. The molecule has 2 rings (SSSR count). The lowest BCUT2D eigenvalue weighted by atomic mass is 10.1. The molecule has 0 radical (unpaired) electrons. The van der Waals surface area contributed by atoms with Crippen molar-refractivity contribution in [2.45, 2.75) is 32.3 Å². The van der Waals surface area contributed by atoms with E-state index >= 15 is 0 Å². The molecule has 1 fully saturated rings. The fourth-order valence-corrected chi connectivity index (χ4v) is 2.30. The summed E-state index contributed by atoms with van der Waals surface area (Å²) in [5.74, 6) is 2.65. The van der Waals surface area contributed by atoms with E-state index in [0.717, 1.165) is 36.3 Å².